The molecule has 0 saturated carbocycles. The highest BCUT2D eigenvalue weighted by atomic mass is 19.4. The number of benzene rings is 2. The lowest BCUT2D eigenvalue weighted by Gasteiger charge is -2.19. The summed E-state index contributed by atoms with van der Waals surface area (Å²) in [5.74, 6) is 0.361. The fraction of sp³-hybridized carbons (Fsp3) is 0.333. The zero-order valence-electron chi connectivity index (χ0n) is 18.6. The molecule has 2 aromatic carbocycles. The Kier molecular flexibility index (Phi) is 7.43. The van der Waals surface area contributed by atoms with Crippen molar-refractivity contribution in [1.29, 1.82) is 0 Å². The number of carbonyl (C=O) groups is 1. The molecule has 0 spiro atoms. The van der Waals surface area contributed by atoms with E-state index in [0.717, 1.165) is 16.0 Å². The van der Waals surface area contributed by atoms with Crippen molar-refractivity contribution in [3.05, 3.63) is 77.6 Å². The van der Waals surface area contributed by atoms with Gasteiger partial charge in [-0.3, -0.25) is 4.79 Å². The second-order valence-corrected chi connectivity index (χ2v) is 8.58. The fourth-order valence-electron chi connectivity index (χ4n) is 2.98. The van der Waals surface area contributed by atoms with E-state index in [0.29, 0.717) is 17.9 Å². The summed E-state index contributed by atoms with van der Waals surface area (Å²) in [5, 5.41) is 6.54. The SMILES string of the molecule is CC(C)(C)c1ccc(OCc2cccc(C(=O)Nc3cnn(COCC(F)(F)F)c3)c2)cc1. The van der Waals surface area contributed by atoms with Crippen LogP contribution in [0.15, 0.2) is 60.9 Å². The number of anilines is 1. The smallest absolute Gasteiger partial charge is 0.411 e. The van der Waals surface area contributed by atoms with Gasteiger partial charge in [-0.15, -0.1) is 0 Å². The van der Waals surface area contributed by atoms with Crippen LogP contribution in [0.2, 0.25) is 0 Å². The minimum absolute atomic E-state index is 0.0623. The summed E-state index contributed by atoms with van der Waals surface area (Å²) in [6, 6.07) is 14.9. The lowest BCUT2D eigenvalue weighted by Crippen LogP contribution is -2.18. The molecular formula is C24H26F3N3O3. The molecule has 33 heavy (non-hydrogen) atoms. The topological polar surface area (TPSA) is 65.4 Å². The molecule has 9 heteroatoms. The molecule has 0 saturated heterocycles. The molecule has 3 aromatic rings. The average molecular weight is 461 g/mol. The third-order valence-electron chi connectivity index (χ3n) is 4.70. The van der Waals surface area contributed by atoms with Crippen LogP contribution in [0.4, 0.5) is 18.9 Å². The van der Waals surface area contributed by atoms with Crippen molar-refractivity contribution >= 4 is 11.6 Å². The van der Waals surface area contributed by atoms with Crippen molar-refractivity contribution in [2.24, 2.45) is 0 Å². The molecule has 0 bridgehead atoms. The van der Waals surface area contributed by atoms with Gasteiger partial charge in [0.1, 0.15) is 25.7 Å². The van der Waals surface area contributed by atoms with Crippen molar-refractivity contribution in [1.82, 2.24) is 9.78 Å². The molecule has 0 aliphatic rings. The maximum absolute atomic E-state index is 12.6. The van der Waals surface area contributed by atoms with Crippen LogP contribution in [0.1, 0.15) is 42.3 Å². The zero-order chi connectivity index (χ0) is 24.1. The largest absolute Gasteiger partial charge is 0.489 e. The first kappa shape index (κ1) is 24.3. The van der Waals surface area contributed by atoms with Crippen LogP contribution in [0.5, 0.6) is 5.75 Å². The number of hydrogen-bond acceptors (Lipinski definition) is 4. The molecule has 0 atom stereocenters. The number of hydrogen-bond donors (Lipinski definition) is 1. The third-order valence-corrected chi connectivity index (χ3v) is 4.70. The summed E-state index contributed by atoms with van der Waals surface area (Å²) < 4.78 is 48.0. The molecule has 0 unspecified atom stereocenters. The van der Waals surface area contributed by atoms with E-state index < -0.39 is 12.8 Å². The number of rotatable bonds is 8. The molecule has 1 aromatic heterocycles. The molecule has 0 aliphatic heterocycles. The number of aromatic nitrogens is 2. The molecule has 176 valence electrons. The molecular weight excluding hydrogens is 435 g/mol. The number of amides is 1. The van der Waals surface area contributed by atoms with Gasteiger partial charge in [0.15, 0.2) is 0 Å². The first-order valence-electron chi connectivity index (χ1n) is 10.3. The van der Waals surface area contributed by atoms with Crippen LogP contribution in [0.3, 0.4) is 0 Å². The Morgan fingerprint density at radius 3 is 2.48 bits per heavy atom. The molecule has 1 heterocycles. The lowest BCUT2D eigenvalue weighted by atomic mass is 9.87. The highest BCUT2D eigenvalue weighted by Gasteiger charge is 2.27. The van der Waals surface area contributed by atoms with E-state index in [1.165, 1.54) is 18.0 Å². The van der Waals surface area contributed by atoms with Crippen LogP contribution in [0.25, 0.3) is 0 Å². The van der Waals surface area contributed by atoms with Crippen LogP contribution < -0.4 is 10.1 Å². The Balaban J connectivity index is 1.54. The zero-order valence-corrected chi connectivity index (χ0v) is 18.6. The summed E-state index contributed by atoms with van der Waals surface area (Å²) in [7, 11) is 0. The average Bonchev–Trinajstić information content (AvgIpc) is 3.18. The summed E-state index contributed by atoms with van der Waals surface area (Å²) >= 11 is 0. The van der Waals surface area contributed by atoms with E-state index in [4.69, 9.17) is 4.74 Å². The number of nitrogens with zero attached hydrogens (tertiary/aromatic N) is 2. The van der Waals surface area contributed by atoms with Gasteiger partial charge in [-0.05, 0) is 40.8 Å². The second kappa shape index (κ2) is 10.1. The Hall–Kier alpha value is -3.33. The quantitative estimate of drug-likeness (QED) is 0.478. The summed E-state index contributed by atoms with van der Waals surface area (Å²) in [6.07, 6.45) is -1.68. The number of ether oxygens (including phenoxy) is 2. The maximum Gasteiger partial charge on any atom is 0.411 e. The summed E-state index contributed by atoms with van der Waals surface area (Å²) in [4.78, 5) is 12.6. The molecule has 1 amide bonds. The predicted octanol–water partition coefficient (Wildman–Crippen LogP) is 5.55. The Morgan fingerprint density at radius 2 is 1.82 bits per heavy atom. The van der Waals surface area contributed by atoms with E-state index in [-0.39, 0.29) is 18.1 Å². The standard InChI is InChI=1S/C24H26F3N3O3/c1-23(2,3)19-7-9-21(10-8-19)33-14-17-5-4-6-18(11-17)22(31)29-20-12-28-30(13-20)16-32-15-24(25,26)27/h4-13H,14-16H2,1-3H3,(H,29,31). The van der Waals surface area contributed by atoms with Crippen molar-refractivity contribution in [3.8, 4) is 5.75 Å². The Labute approximate surface area is 190 Å². The van der Waals surface area contributed by atoms with Gasteiger partial charge >= 0.3 is 6.18 Å². The van der Waals surface area contributed by atoms with E-state index in [2.05, 4.69) is 35.9 Å². The normalized spacial score (nSPS) is 11.9. The van der Waals surface area contributed by atoms with E-state index in [1.807, 2.05) is 30.3 Å². The number of nitrogens with one attached hydrogen (secondary N) is 1. The van der Waals surface area contributed by atoms with Crippen LogP contribution >= 0.6 is 0 Å². The van der Waals surface area contributed by atoms with Crippen LogP contribution in [0, 0.1) is 0 Å². The summed E-state index contributed by atoms with van der Waals surface area (Å²) in [5.41, 5.74) is 2.85. The van der Waals surface area contributed by atoms with Crippen molar-refractivity contribution < 1.29 is 27.4 Å². The van der Waals surface area contributed by atoms with Gasteiger partial charge in [0.25, 0.3) is 5.91 Å². The van der Waals surface area contributed by atoms with E-state index in [1.54, 1.807) is 18.2 Å². The van der Waals surface area contributed by atoms with Crippen molar-refractivity contribution in [3.63, 3.8) is 0 Å². The highest BCUT2D eigenvalue weighted by Crippen LogP contribution is 2.24. The molecule has 1 N–H and O–H groups in total. The van der Waals surface area contributed by atoms with Crippen molar-refractivity contribution in [2.75, 3.05) is 11.9 Å². The molecule has 3 rings (SSSR count). The first-order valence-corrected chi connectivity index (χ1v) is 10.3. The maximum atomic E-state index is 12.6. The number of halogens is 3. The van der Waals surface area contributed by atoms with Gasteiger partial charge < -0.3 is 14.8 Å². The predicted molar refractivity (Wildman–Crippen MR) is 118 cm³/mol. The Bertz CT molecular complexity index is 1070. The molecule has 0 fully saturated rings. The number of carbonyl (C=O) groups excluding carboxylic acids is 1. The van der Waals surface area contributed by atoms with Gasteiger partial charge in [0.05, 0.1) is 18.1 Å². The minimum Gasteiger partial charge on any atom is -0.489 e. The van der Waals surface area contributed by atoms with Gasteiger partial charge in [0.2, 0.25) is 0 Å². The van der Waals surface area contributed by atoms with Crippen LogP contribution in [-0.4, -0.2) is 28.5 Å². The van der Waals surface area contributed by atoms with E-state index >= 15 is 0 Å². The molecule has 0 aliphatic carbocycles. The van der Waals surface area contributed by atoms with E-state index in [9.17, 15) is 18.0 Å². The monoisotopic (exact) mass is 461 g/mol. The fourth-order valence-corrected chi connectivity index (χ4v) is 2.98. The Morgan fingerprint density at radius 1 is 1.09 bits per heavy atom. The third kappa shape index (κ3) is 7.64. The van der Waals surface area contributed by atoms with Gasteiger partial charge in [-0.25, -0.2) is 4.68 Å². The second-order valence-electron chi connectivity index (χ2n) is 8.58. The van der Waals surface area contributed by atoms with Crippen LogP contribution in [-0.2, 0) is 23.5 Å². The lowest BCUT2D eigenvalue weighted by molar-refractivity contribution is -0.182. The summed E-state index contributed by atoms with van der Waals surface area (Å²) in [6.45, 7) is 4.98. The first-order chi connectivity index (χ1) is 15.5. The van der Waals surface area contributed by atoms with Gasteiger partial charge in [-0.1, -0.05) is 45.0 Å². The molecule has 6 nitrogen and oxygen atoms in total. The highest BCUT2D eigenvalue weighted by molar-refractivity contribution is 6.04. The minimum atomic E-state index is -4.41. The molecule has 0 radical (unpaired) electrons. The van der Waals surface area contributed by atoms with Crippen molar-refractivity contribution in [2.45, 2.75) is 45.7 Å². The number of alkyl halides is 3. The van der Waals surface area contributed by atoms with Gasteiger partial charge in [0, 0.05) is 5.56 Å². The van der Waals surface area contributed by atoms with Gasteiger partial charge in [-0.2, -0.15) is 18.3 Å².